The number of benzene rings is 1. The zero-order valence-corrected chi connectivity index (χ0v) is 7.37. The molecule has 0 unspecified atom stereocenters. The molecule has 0 heterocycles. The average Bonchev–Trinajstić information content (AvgIpc) is 2.04. The second kappa shape index (κ2) is 3.80. The van der Waals surface area contributed by atoms with Gasteiger partial charge in [0.25, 0.3) is 0 Å². The quantitative estimate of drug-likeness (QED) is 0.614. The first-order valence-electron chi connectivity index (χ1n) is 4.02. The van der Waals surface area contributed by atoms with E-state index in [1.54, 1.807) is 12.1 Å². The van der Waals surface area contributed by atoms with E-state index in [-0.39, 0.29) is 11.3 Å². The van der Waals surface area contributed by atoms with Gasteiger partial charge in [-0.1, -0.05) is 0 Å². The highest BCUT2D eigenvalue weighted by atomic mass is 16.4. The van der Waals surface area contributed by atoms with Gasteiger partial charge in [-0.05, 0) is 25.1 Å². The second-order valence-electron chi connectivity index (χ2n) is 2.64. The lowest BCUT2D eigenvalue weighted by Gasteiger charge is -2.05. The van der Waals surface area contributed by atoms with E-state index in [0.29, 0.717) is 0 Å². The summed E-state index contributed by atoms with van der Waals surface area (Å²) >= 11 is 0. The molecular weight excluding hydrogens is 168 g/mol. The molecule has 1 aromatic rings. The third kappa shape index (κ3) is 2.11. The van der Waals surface area contributed by atoms with Crippen LogP contribution in [0.15, 0.2) is 18.2 Å². The molecule has 4 nitrogen and oxygen atoms in total. The van der Waals surface area contributed by atoms with E-state index in [2.05, 4.69) is 5.32 Å². The van der Waals surface area contributed by atoms with Crippen LogP contribution in [-0.2, 0) is 0 Å². The fraction of sp³-hybridized carbons (Fsp3) is 0.222. The fourth-order valence-corrected chi connectivity index (χ4v) is 1.07. The monoisotopic (exact) mass is 180 g/mol. The third-order valence-electron chi connectivity index (χ3n) is 1.66. The van der Waals surface area contributed by atoms with Crippen molar-refractivity contribution in [2.24, 2.45) is 0 Å². The van der Waals surface area contributed by atoms with Gasteiger partial charge in [0, 0.05) is 17.9 Å². The van der Waals surface area contributed by atoms with Crippen molar-refractivity contribution in [3.8, 4) is 0 Å². The summed E-state index contributed by atoms with van der Waals surface area (Å²) in [6.07, 6.45) is 0. The van der Waals surface area contributed by atoms with Crippen molar-refractivity contribution in [3.63, 3.8) is 0 Å². The number of hydrogen-bond acceptors (Lipinski definition) is 3. The van der Waals surface area contributed by atoms with E-state index >= 15 is 0 Å². The van der Waals surface area contributed by atoms with E-state index in [1.807, 2.05) is 6.92 Å². The Labute approximate surface area is 76.4 Å². The van der Waals surface area contributed by atoms with Crippen molar-refractivity contribution in [1.82, 2.24) is 0 Å². The van der Waals surface area contributed by atoms with Crippen molar-refractivity contribution in [1.29, 1.82) is 0 Å². The highest BCUT2D eigenvalue weighted by Crippen LogP contribution is 2.17. The van der Waals surface area contributed by atoms with Gasteiger partial charge in [-0.3, -0.25) is 0 Å². The number of hydrogen-bond donors (Lipinski definition) is 3. The normalized spacial score (nSPS) is 9.62. The number of nitrogens with one attached hydrogen (secondary N) is 1. The Bertz CT molecular complexity index is 323. The Kier molecular flexibility index (Phi) is 2.74. The standard InChI is InChI=1S/C9H12N2O2/c1-2-11-6-3-4-7(9(12)13)8(10)5-6/h3-5,11H,2,10H2,1H3,(H,12,13). The highest BCUT2D eigenvalue weighted by Gasteiger charge is 2.06. The molecule has 70 valence electrons. The van der Waals surface area contributed by atoms with Gasteiger partial charge in [0.15, 0.2) is 0 Å². The number of anilines is 2. The van der Waals surface area contributed by atoms with Crippen LogP contribution >= 0.6 is 0 Å². The summed E-state index contributed by atoms with van der Waals surface area (Å²) in [5, 5.41) is 11.7. The topological polar surface area (TPSA) is 75.3 Å². The van der Waals surface area contributed by atoms with Crippen molar-refractivity contribution in [2.75, 3.05) is 17.6 Å². The van der Waals surface area contributed by atoms with E-state index < -0.39 is 5.97 Å². The summed E-state index contributed by atoms with van der Waals surface area (Å²) in [5.74, 6) is -0.999. The molecule has 4 N–H and O–H groups in total. The SMILES string of the molecule is CCNc1ccc(C(=O)O)c(N)c1. The number of nitrogens with two attached hydrogens (primary N) is 1. The Morgan fingerprint density at radius 2 is 2.31 bits per heavy atom. The maximum absolute atomic E-state index is 10.6. The lowest BCUT2D eigenvalue weighted by molar-refractivity contribution is 0.0698. The van der Waals surface area contributed by atoms with Crippen molar-refractivity contribution in [2.45, 2.75) is 6.92 Å². The fourth-order valence-electron chi connectivity index (χ4n) is 1.07. The summed E-state index contributed by atoms with van der Waals surface area (Å²) in [6.45, 7) is 2.74. The summed E-state index contributed by atoms with van der Waals surface area (Å²) in [7, 11) is 0. The molecule has 1 aromatic carbocycles. The molecule has 0 atom stereocenters. The molecule has 0 bridgehead atoms. The predicted molar refractivity (Wildman–Crippen MR) is 52.0 cm³/mol. The van der Waals surface area contributed by atoms with Crippen LogP contribution in [-0.4, -0.2) is 17.6 Å². The van der Waals surface area contributed by atoms with Gasteiger partial charge in [-0.25, -0.2) is 4.79 Å². The largest absolute Gasteiger partial charge is 0.478 e. The van der Waals surface area contributed by atoms with Crippen LogP contribution in [0, 0.1) is 0 Å². The van der Waals surface area contributed by atoms with Gasteiger partial charge < -0.3 is 16.2 Å². The third-order valence-corrected chi connectivity index (χ3v) is 1.66. The van der Waals surface area contributed by atoms with Gasteiger partial charge in [0.05, 0.1) is 5.56 Å². The first-order valence-corrected chi connectivity index (χ1v) is 4.02. The minimum Gasteiger partial charge on any atom is -0.478 e. The number of aromatic carboxylic acids is 1. The zero-order chi connectivity index (χ0) is 9.84. The van der Waals surface area contributed by atoms with E-state index in [0.717, 1.165) is 12.2 Å². The Morgan fingerprint density at radius 3 is 2.77 bits per heavy atom. The Morgan fingerprint density at radius 1 is 1.62 bits per heavy atom. The van der Waals surface area contributed by atoms with E-state index in [9.17, 15) is 4.79 Å². The molecule has 0 fully saturated rings. The van der Waals surface area contributed by atoms with Gasteiger partial charge in [0.2, 0.25) is 0 Å². The second-order valence-corrected chi connectivity index (χ2v) is 2.64. The molecule has 0 radical (unpaired) electrons. The molecule has 0 saturated heterocycles. The van der Waals surface area contributed by atoms with Gasteiger partial charge in [0.1, 0.15) is 0 Å². The van der Waals surface area contributed by atoms with Gasteiger partial charge in [-0.2, -0.15) is 0 Å². The molecule has 0 amide bonds. The maximum atomic E-state index is 10.6. The Balaban J connectivity index is 2.98. The van der Waals surface area contributed by atoms with Crippen LogP contribution < -0.4 is 11.1 Å². The molecule has 13 heavy (non-hydrogen) atoms. The van der Waals surface area contributed by atoms with Crippen LogP contribution in [0.2, 0.25) is 0 Å². The molecular formula is C9H12N2O2. The molecule has 0 saturated carbocycles. The average molecular weight is 180 g/mol. The first kappa shape index (κ1) is 9.38. The summed E-state index contributed by atoms with van der Waals surface area (Å²) < 4.78 is 0. The Hall–Kier alpha value is -1.71. The molecule has 4 heteroatoms. The summed E-state index contributed by atoms with van der Waals surface area (Å²) in [6, 6.07) is 4.81. The van der Waals surface area contributed by atoms with Crippen molar-refractivity contribution < 1.29 is 9.90 Å². The van der Waals surface area contributed by atoms with Crippen LogP contribution in [0.1, 0.15) is 17.3 Å². The lowest BCUT2D eigenvalue weighted by Crippen LogP contribution is -2.04. The molecule has 0 spiro atoms. The maximum Gasteiger partial charge on any atom is 0.337 e. The number of carboxylic acid groups (broad SMARTS) is 1. The van der Waals surface area contributed by atoms with Gasteiger partial charge in [-0.15, -0.1) is 0 Å². The van der Waals surface area contributed by atoms with Crippen LogP contribution in [0.25, 0.3) is 0 Å². The smallest absolute Gasteiger partial charge is 0.337 e. The molecule has 0 aliphatic heterocycles. The van der Waals surface area contributed by atoms with Crippen LogP contribution in [0.5, 0.6) is 0 Å². The minimum absolute atomic E-state index is 0.140. The number of carbonyl (C=O) groups is 1. The molecule has 0 aromatic heterocycles. The number of carboxylic acids is 1. The minimum atomic E-state index is -0.999. The predicted octanol–water partition coefficient (Wildman–Crippen LogP) is 1.40. The van der Waals surface area contributed by atoms with E-state index in [1.165, 1.54) is 6.07 Å². The molecule has 1 rings (SSSR count). The summed E-state index contributed by atoms with van der Waals surface area (Å²) in [4.78, 5) is 10.6. The first-order chi connectivity index (χ1) is 6.15. The zero-order valence-electron chi connectivity index (χ0n) is 7.37. The van der Waals surface area contributed by atoms with Gasteiger partial charge >= 0.3 is 5.97 Å². The lowest BCUT2D eigenvalue weighted by atomic mass is 10.1. The molecule has 0 aliphatic rings. The number of rotatable bonds is 3. The van der Waals surface area contributed by atoms with Crippen LogP contribution in [0.3, 0.4) is 0 Å². The van der Waals surface area contributed by atoms with Crippen LogP contribution in [0.4, 0.5) is 11.4 Å². The van der Waals surface area contributed by atoms with Crippen molar-refractivity contribution >= 4 is 17.3 Å². The number of nitrogen functional groups attached to an aromatic ring is 1. The highest BCUT2D eigenvalue weighted by molar-refractivity contribution is 5.94. The van der Waals surface area contributed by atoms with E-state index in [4.69, 9.17) is 10.8 Å². The summed E-state index contributed by atoms with van der Waals surface area (Å²) in [5.41, 5.74) is 6.79. The molecule has 0 aliphatic carbocycles. The van der Waals surface area contributed by atoms with Crippen molar-refractivity contribution in [3.05, 3.63) is 23.8 Å².